The van der Waals surface area contributed by atoms with E-state index in [4.69, 9.17) is 14.0 Å². The third kappa shape index (κ3) is 3.49. The molecule has 170 valence electrons. The van der Waals surface area contributed by atoms with Gasteiger partial charge >= 0.3 is 22.1 Å². The van der Waals surface area contributed by atoms with Gasteiger partial charge < -0.3 is 9.47 Å². The molecule has 0 amide bonds. The van der Waals surface area contributed by atoms with Crippen molar-refractivity contribution in [2.75, 3.05) is 0 Å². The molecular formula is C19H18F4O7S. The number of hydrogen-bond acceptors (Lipinski definition) is 6. The van der Waals surface area contributed by atoms with E-state index in [1.807, 2.05) is 0 Å². The van der Waals surface area contributed by atoms with Crippen LogP contribution in [0, 0.1) is 40.5 Å². The number of ether oxygens (including phenoxy) is 2. The Morgan fingerprint density at radius 3 is 1.94 bits per heavy atom. The van der Waals surface area contributed by atoms with Crippen molar-refractivity contribution in [3.63, 3.8) is 0 Å². The van der Waals surface area contributed by atoms with Crippen molar-refractivity contribution in [2.24, 2.45) is 17.3 Å². The van der Waals surface area contributed by atoms with Crippen molar-refractivity contribution in [2.45, 2.75) is 55.9 Å². The van der Waals surface area contributed by atoms with Crippen LogP contribution in [0.1, 0.15) is 45.4 Å². The molecule has 0 heterocycles. The first-order valence-electron chi connectivity index (χ1n) is 9.52. The summed E-state index contributed by atoms with van der Waals surface area (Å²) in [7, 11) is -5.63. The Balaban J connectivity index is 1.70. The predicted molar refractivity (Wildman–Crippen MR) is 93.3 cm³/mol. The molecule has 0 spiro atoms. The van der Waals surface area contributed by atoms with Gasteiger partial charge in [-0.25, -0.2) is 8.78 Å². The van der Waals surface area contributed by atoms with Gasteiger partial charge in [0, 0.05) is 13.3 Å². The van der Waals surface area contributed by atoms with Gasteiger partial charge in [-0.15, -0.1) is 0 Å². The summed E-state index contributed by atoms with van der Waals surface area (Å²) in [5.41, 5.74) is -2.19. The number of carbonyl (C=O) groups excluding carboxylic acids is 2. The van der Waals surface area contributed by atoms with Gasteiger partial charge in [-0.3, -0.25) is 14.1 Å². The van der Waals surface area contributed by atoms with Crippen molar-refractivity contribution in [1.82, 2.24) is 0 Å². The lowest BCUT2D eigenvalue weighted by atomic mass is 9.48. The van der Waals surface area contributed by atoms with Crippen molar-refractivity contribution in [3.8, 4) is 5.75 Å². The zero-order chi connectivity index (χ0) is 22.9. The van der Waals surface area contributed by atoms with E-state index in [0.29, 0.717) is 25.7 Å². The largest absolute Gasteiger partial charge is 0.459 e. The van der Waals surface area contributed by atoms with Gasteiger partial charge in [0.15, 0.2) is 16.5 Å². The van der Waals surface area contributed by atoms with E-state index in [0.717, 1.165) is 6.42 Å². The van der Waals surface area contributed by atoms with Gasteiger partial charge in [0.1, 0.15) is 5.60 Å². The Labute approximate surface area is 174 Å². The molecule has 7 nitrogen and oxygen atoms in total. The first kappa shape index (κ1) is 22.0. The number of halogens is 4. The Bertz CT molecular complexity index is 1060. The van der Waals surface area contributed by atoms with Crippen LogP contribution in [0.15, 0.2) is 4.90 Å². The zero-order valence-corrected chi connectivity index (χ0v) is 17.0. The normalized spacial score (nSPS) is 31.5. The van der Waals surface area contributed by atoms with Crippen LogP contribution in [0.25, 0.3) is 0 Å². The number of hydrogen-bond donors (Lipinski definition) is 1. The van der Waals surface area contributed by atoms with Crippen molar-refractivity contribution >= 4 is 22.1 Å². The Morgan fingerprint density at radius 1 is 0.968 bits per heavy atom. The van der Waals surface area contributed by atoms with E-state index in [1.54, 1.807) is 0 Å². The van der Waals surface area contributed by atoms with E-state index < -0.39 is 67.0 Å². The minimum Gasteiger partial charge on any atom is -0.459 e. The lowest BCUT2D eigenvalue weighted by Crippen LogP contribution is -2.60. The second kappa shape index (κ2) is 6.89. The SMILES string of the molecule is CC(=O)OC12CC3CC(C1)CC(C(=O)Oc1c(F)c(F)c(S(=O)(=O)O)c(F)c1F)(C3)C2. The number of carbonyl (C=O) groups is 2. The summed E-state index contributed by atoms with van der Waals surface area (Å²) in [6.07, 6.45) is 2.49. The average molecular weight is 466 g/mol. The lowest BCUT2D eigenvalue weighted by Gasteiger charge is -2.59. The van der Waals surface area contributed by atoms with Crippen molar-refractivity contribution < 1.29 is 49.6 Å². The summed E-state index contributed by atoms with van der Waals surface area (Å²) in [4.78, 5) is 22.4. The van der Waals surface area contributed by atoms with Gasteiger partial charge in [0.2, 0.25) is 17.4 Å². The molecule has 4 saturated carbocycles. The summed E-state index contributed by atoms with van der Waals surface area (Å²) in [5, 5.41) is 0. The second-order valence-corrected chi connectivity index (χ2v) is 10.2. The van der Waals surface area contributed by atoms with Crippen molar-refractivity contribution in [3.05, 3.63) is 23.3 Å². The van der Waals surface area contributed by atoms with Crippen LogP contribution in [-0.4, -0.2) is 30.5 Å². The molecule has 0 radical (unpaired) electrons. The maximum Gasteiger partial charge on any atom is 0.317 e. The molecule has 2 atom stereocenters. The minimum atomic E-state index is -5.63. The number of esters is 2. The van der Waals surface area contributed by atoms with Gasteiger partial charge in [0.25, 0.3) is 0 Å². The highest BCUT2D eigenvalue weighted by molar-refractivity contribution is 7.85. The Hall–Kier alpha value is -2.21. The van der Waals surface area contributed by atoms with E-state index in [9.17, 15) is 35.6 Å². The molecule has 12 heteroatoms. The molecule has 4 aliphatic carbocycles. The summed E-state index contributed by atoms with van der Waals surface area (Å²) < 4.78 is 97.9. The summed E-state index contributed by atoms with van der Waals surface area (Å²) in [5.74, 6) is -12.8. The van der Waals surface area contributed by atoms with Crippen LogP contribution >= 0.6 is 0 Å². The van der Waals surface area contributed by atoms with Crippen LogP contribution < -0.4 is 4.74 Å². The molecule has 0 aromatic heterocycles. The third-order valence-corrected chi connectivity index (χ3v) is 7.31. The molecule has 1 aromatic rings. The van der Waals surface area contributed by atoms with E-state index in [1.165, 1.54) is 6.92 Å². The fourth-order valence-corrected chi connectivity index (χ4v) is 6.58. The quantitative estimate of drug-likeness (QED) is 0.239. The molecule has 4 fully saturated rings. The highest BCUT2D eigenvalue weighted by atomic mass is 32.2. The van der Waals surface area contributed by atoms with E-state index in [-0.39, 0.29) is 18.3 Å². The smallest absolute Gasteiger partial charge is 0.317 e. The zero-order valence-electron chi connectivity index (χ0n) is 16.2. The first-order chi connectivity index (χ1) is 14.3. The highest BCUT2D eigenvalue weighted by Crippen LogP contribution is 2.63. The molecule has 1 N–H and O–H groups in total. The summed E-state index contributed by atoms with van der Waals surface area (Å²) in [6, 6.07) is 0. The summed E-state index contributed by atoms with van der Waals surface area (Å²) >= 11 is 0. The third-order valence-electron chi connectivity index (χ3n) is 6.44. The molecular weight excluding hydrogens is 448 g/mol. The predicted octanol–water partition coefficient (Wildman–Crippen LogP) is 3.30. The van der Waals surface area contributed by atoms with Gasteiger partial charge in [-0.1, -0.05) is 0 Å². The molecule has 31 heavy (non-hydrogen) atoms. The molecule has 5 rings (SSSR count). The maximum atomic E-state index is 14.3. The molecule has 4 aliphatic rings. The van der Waals surface area contributed by atoms with E-state index in [2.05, 4.69) is 0 Å². The first-order valence-corrected chi connectivity index (χ1v) is 11.0. The van der Waals surface area contributed by atoms with Gasteiger partial charge in [-0.2, -0.15) is 17.2 Å². The highest BCUT2D eigenvalue weighted by Gasteiger charge is 2.63. The monoisotopic (exact) mass is 466 g/mol. The Kier molecular flexibility index (Phi) is 4.89. The summed E-state index contributed by atoms with van der Waals surface area (Å²) in [6.45, 7) is 1.23. The number of benzene rings is 1. The van der Waals surface area contributed by atoms with Crippen LogP contribution in [0.2, 0.25) is 0 Å². The fourth-order valence-electron chi connectivity index (χ4n) is 5.95. The van der Waals surface area contributed by atoms with Gasteiger partial charge in [0.05, 0.1) is 5.41 Å². The van der Waals surface area contributed by atoms with Gasteiger partial charge in [-0.05, 0) is 43.9 Å². The maximum absolute atomic E-state index is 14.3. The topological polar surface area (TPSA) is 107 Å². The van der Waals surface area contributed by atoms with Crippen LogP contribution in [-0.2, 0) is 24.4 Å². The second-order valence-electron chi connectivity index (χ2n) is 8.80. The minimum absolute atomic E-state index is 0.00164. The molecule has 1 aromatic carbocycles. The van der Waals surface area contributed by atoms with Crippen LogP contribution in [0.3, 0.4) is 0 Å². The van der Waals surface area contributed by atoms with Crippen LogP contribution in [0.5, 0.6) is 5.75 Å². The van der Waals surface area contributed by atoms with E-state index >= 15 is 0 Å². The van der Waals surface area contributed by atoms with Crippen LogP contribution in [0.4, 0.5) is 17.6 Å². The van der Waals surface area contributed by atoms with Crippen molar-refractivity contribution in [1.29, 1.82) is 0 Å². The average Bonchev–Trinajstić information content (AvgIpc) is 2.60. The molecule has 0 aliphatic heterocycles. The molecule has 4 bridgehead atoms. The Morgan fingerprint density at radius 2 is 1.48 bits per heavy atom. The number of rotatable bonds is 4. The fraction of sp³-hybridized carbons (Fsp3) is 0.579. The molecule has 0 saturated heterocycles. The molecule has 2 unspecified atom stereocenters. The lowest BCUT2D eigenvalue weighted by molar-refractivity contribution is -0.207. The standard InChI is InChI=1S/C19H18F4O7S/c1-8(24)30-19-5-9-2-10(6-19)4-18(3-9,7-19)17(25)29-15-11(20)13(22)16(31(26,27)28)14(23)12(15)21/h9-10H,2-7H2,1H3,(H,26,27,28).